The fourth-order valence-electron chi connectivity index (χ4n) is 0.839. The minimum absolute atomic E-state index is 0.685. The second-order valence-corrected chi connectivity index (χ2v) is 5.51. The number of aliphatic hydroxyl groups is 3. The second-order valence-electron chi connectivity index (χ2n) is 3.37. The van der Waals surface area contributed by atoms with E-state index >= 15 is 0 Å². The number of rotatable bonds is 6. The average molecular weight is 241 g/mol. The van der Waals surface area contributed by atoms with E-state index in [4.69, 9.17) is 15.3 Å². The summed E-state index contributed by atoms with van der Waals surface area (Å²) >= 11 is 0. The molecule has 0 heterocycles. The van der Waals surface area contributed by atoms with Crippen molar-refractivity contribution < 1.29 is 28.5 Å². The number of carbonyl (C=O) groups is 1. The third-order valence-electron chi connectivity index (χ3n) is 1.71. The Balaban J connectivity index is 4.50. The van der Waals surface area contributed by atoms with Gasteiger partial charge in [0.15, 0.2) is 9.84 Å². The minimum atomic E-state index is -3.48. The lowest BCUT2D eigenvalue weighted by molar-refractivity contribution is -0.122. The molecular formula is C7H15NO6S. The van der Waals surface area contributed by atoms with Crippen molar-refractivity contribution in [2.75, 3.05) is 31.8 Å². The molecule has 7 nitrogen and oxygen atoms in total. The molecule has 1 amide bonds. The van der Waals surface area contributed by atoms with Crippen LogP contribution in [0.25, 0.3) is 0 Å². The molecule has 0 radical (unpaired) electrons. The molecule has 0 rings (SSSR count). The Morgan fingerprint density at radius 2 is 1.60 bits per heavy atom. The van der Waals surface area contributed by atoms with E-state index in [1.807, 2.05) is 0 Å². The molecule has 15 heavy (non-hydrogen) atoms. The maximum Gasteiger partial charge on any atom is 0.235 e. The standard InChI is InChI=1S/C7H15NO6S/c1-15(13,14)2-6(12)8-7(3-9,4-10)5-11/h9-11H,2-5H2,1H3,(H,8,12). The highest BCUT2D eigenvalue weighted by Gasteiger charge is 2.30. The van der Waals surface area contributed by atoms with Gasteiger partial charge in [0.05, 0.1) is 19.8 Å². The van der Waals surface area contributed by atoms with Crippen LogP contribution in [0, 0.1) is 0 Å². The molecule has 0 aliphatic heterocycles. The van der Waals surface area contributed by atoms with Gasteiger partial charge in [0.1, 0.15) is 11.3 Å². The van der Waals surface area contributed by atoms with Gasteiger partial charge < -0.3 is 20.6 Å². The molecule has 0 aliphatic rings. The van der Waals surface area contributed by atoms with E-state index in [0.29, 0.717) is 0 Å². The Labute approximate surface area is 87.6 Å². The van der Waals surface area contributed by atoms with E-state index in [9.17, 15) is 13.2 Å². The summed E-state index contributed by atoms with van der Waals surface area (Å²) in [7, 11) is -3.48. The molecule has 0 saturated heterocycles. The smallest absolute Gasteiger partial charge is 0.235 e. The lowest BCUT2D eigenvalue weighted by Gasteiger charge is -2.28. The number of sulfone groups is 1. The van der Waals surface area contributed by atoms with Crippen LogP contribution in [0.5, 0.6) is 0 Å². The molecule has 90 valence electrons. The number of aliphatic hydroxyl groups excluding tert-OH is 3. The van der Waals surface area contributed by atoms with E-state index in [-0.39, 0.29) is 0 Å². The summed E-state index contributed by atoms with van der Waals surface area (Å²) < 4.78 is 21.5. The van der Waals surface area contributed by atoms with Crippen molar-refractivity contribution >= 4 is 15.7 Å². The largest absolute Gasteiger partial charge is 0.394 e. The monoisotopic (exact) mass is 241 g/mol. The van der Waals surface area contributed by atoms with Crippen LogP contribution in [-0.2, 0) is 14.6 Å². The van der Waals surface area contributed by atoms with E-state index < -0.39 is 46.9 Å². The molecule has 0 unspecified atom stereocenters. The molecule has 0 saturated carbocycles. The highest BCUT2D eigenvalue weighted by atomic mass is 32.2. The van der Waals surface area contributed by atoms with E-state index in [2.05, 4.69) is 5.32 Å². The average Bonchev–Trinajstić information content (AvgIpc) is 2.11. The summed E-state index contributed by atoms with van der Waals surface area (Å²) in [6.07, 6.45) is 0.880. The minimum Gasteiger partial charge on any atom is -0.394 e. The summed E-state index contributed by atoms with van der Waals surface area (Å²) in [5, 5.41) is 28.6. The lowest BCUT2D eigenvalue weighted by atomic mass is 10.0. The van der Waals surface area contributed by atoms with Gasteiger partial charge in [0.25, 0.3) is 0 Å². The van der Waals surface area contributed by atoms with E-state index in [0.717, 1.165) is 6.26 Å². The van der Waals surface area contributed by atoms with E-state index in [1.165, 1.54) is 0 Å². The zero-order chi connectivity index (χ0) is 12.1. The zero-order valence-electron chi connectivity index (χ0n) is 8.30. The second kappa shape index (κ2) is 5.40. The summed E-state index contributed by atoms with van der Waals surface area (Å²) in [6, 6.07) is 0. The van der Waals surface area contributed by atoms with Crippen LogP contribution in [-0.4, -0.2) is 67.0 Å². The molecular weight excluding hydrogens is 226 g/mol. The molecule has 4 N–H and O–H groups in total. The summed E-state index contributed by atoms with van der Waals surface area (Å²) in [6.45, 7) is -2.06. The van der Waals surface area contributed by atoms with Crippen LogP contribution in [0.4, 0.5) is 0 Å². The van der Waals surface area contributed by atoms with Gasteiger partial charge in [-0.2, -0.15) is 0 Å². The fraction of sp³-hybridized carbons (Fsp3) is 0.857. The van der Waals surface area contributed by atoms with E-state index in [1.54, 1.807) is 0 Å². The number of amides is 1. The Hall–Kier alpha value is -0.700. The normalized spacial score (nSPS) is 12.5. The Bertz CT molecular complexity index is 299. The first-order chi connectivity index (χ1) is 6.78. The molecule has 0 aromatic rings. The van der Waals surface area contributed by atoms with Crippen molar-refractivity contribution in [1.82, 2.24) is 5.32 Å². The maximum absolute atomic E-state index is 11.1. The van der Waals surface area contributed by atoms with Gasteiger partial charge >= 0.3 is 0 Å². The first-order valence-electron chi connectivity index (χ1n) is 4.10. The van der Waals surface area contributed by atoms with Crippen molar-refractivity contribution in [3.63, 3.8) is 0 Å². The highest BCUT2D eigenvalue weighted by Crippen LogP contribution is 2.01. The van der Waals surface area contributed by atoms with Gasteiger partial charge in [-0.1, -0.05) is 0 Å². The van der Waals surface area contributed by atoms with Crippen molar-refractivity contribution in [2.45, 2.75) is 5.54 Å². The molecule has 0 spiro atoms. The number of hydrogen-bond acceptors (Lipinski definition) is 6. The summed E-state index contributed by atoms with van der Waals surface area (Å²) in [4.78, 5) is 11.1. The Morgan fingerprint density at radius 1 is 1.20 bits per heavy atom. The molecule has 0 bridgehead atoms. The first-order valence-corrected chi connectivity index (χ1v) is 6.16. The number of hydrogen-bond donors (Lipinski definition) is 4. The molecule has 0 aliphatic carbocycles. The predicted molar refractivity (Wildman–Crippen MR) is 51.8 cm³/mol. The van der Waals surface area contributed by atoms with Crippen molar-refractivity contribution in [3.8, 4) is 0 Å². The number of carbonyl (C=O) groups excluding carboxylic acids is 1. The van der Waals surface area contributed by atoms with Crippen LogP contribution in [0.2, 0.25) is 0 Å². The van der Waals surface area contributed by atoms with Gasteiger partial charge in [-0.3, -0.25) is 4.79 Å². The molecule has 8 heteroatoms. The van der Waals surface area contributed by atoms with Gasteiger partial charge in [-0.25, -0.2) is 8.42 Å². The van der Waals surface area contributed by atoms with Gasteiger partial charge in [-0.05, 0) is 0 Å². The van der Waals surface area contributed by atoms with Crippen LogP contribution in [0.3, 0.4) is 0 Å². The van der Waals surface area contributed by atoms with Crippen molar-refractivity contribution in [1.29, 1.82) is 0 Å². The Morgan fingerprint density at radius 3 is 1.87 bits per heavy atom. The fourth-order valence-corrected chi connectivity index (χ4v) is 1.39. The predicted octanol–water partition coefficient (Wildman–Crippen LogP) is -3.14. The lowest BCUT2D eigenvalue weighted by Crippen LogP contribution is -2.58. The molecule has 0 atom stereocenters. The zero-order valence-corrected chi connectivity index (χ0v) is 9.12. The third kappa shape index (κ3) is 5.07. The quantitative estimate of drug-likeness (QED) is 0.389. The van der Waals surface area contributed by atoms with Gasteiger partial charge in [0, 0.05) is 6.26 Å². The van der Waals surface area contributed by atoms with Gasteiger partial charge in [-0.15, -0.1) is 0 Å². The third-order valence-corrected chi connectivity index (χ3v) is 2.49. The highest BCUT2D eigenvalue weighted by molar-refractivity contribution is 7.91. The Kier molecular flexibility index (Phi) is 5.15. The van der Waals surface area contributed by atoms with Crippen LogP contribution < -0.4 is 5.32 Å². The maximum atomic E-state index is 11.1. The van der Waals surface area contributed by atoms with Gasteiger partial charge in [0.2, 0.25) is 5.91 Å². The number of nitrogens with one attached hydrogen (secondary N) is 1. The SMILES string of the molecule is CS(=O)(=O)CC(=O)NC(CO)(CO)CO. The van der Waals surface area contributed by atoms with Crippen LogP contribution >= 0.6 is 0 Å². The van der Waals surface area contributed by atoms with Crippen LogP contribution in [0.15, 0.2) is 0 Å². The van der Waals surface area contributed by atoms with Crippen molar-refractivity contribution in [3.05, 3.63) is 0 Å². The summed E-state index contributed by atoms with van der Waals surface area (Å²) in [5.41, 5.74) is -1.58. The molecule has 0 aromatic carbocycles. The van der Waals surface area contributed by atoms with Crippen LogP contribution in [0.1, 0.15) is 0 Å². The summed E-state index contributed by atoms with van der Waals surface area (Å²) in [5.74, 6) is -1.64. The molecule has 0 fully saturated rings. The topological polar surface area (TPSA) is 124 Å². The van der Waals surface area contributed by atoms with Crippen molar-refractivity contribution in [2.24, 2.45) is 0 Å². The first kappa shape index (κ1) is 14.3. The molecule has 0 aromatic heterocycles.